The van der Waals surface area contributed by atoms with E-state index < -0.39 is 0 Å². The van der Waals surface area contributed by atoms with Crippen molar-refractivity contribution in [3.05, 3.63) is 75.3 Å². The topological polar surface area (TPSA) is 66.1 Å². The Labute approximate surface area is 156 Å². The van der Waals surface area contributed by atoms with Gasteiger partial charge in [0.2, 0.25) is 5.91 Å². The Balaban J connectivity index is 1.55. The van der Waals surface area contributed by atoms with Gasteiger partial charge in [0, 0.05) is 31.5 Å². The van der Waals surface area contributed by atoms with E-state index in [-0.39, 0.29) is 11.5 Å². The van der Waals surface area contributed by atoms with Crippen molar-refractivity contribution in [2.24, 2.45) is 0 Å². The van der Waals surface area contributed by atoms with E-state index in [1.165, 1.54) is 0 Å². The Morgan fingerprint density at radius 3 is 2.81 bits per heavy atom. The predicted octanol–water partition coefficient (Wildman–Crippen LogP) is 3.56. The predicted molar refractivity (Wildman–Crippen MR) is 103 cm³/mol. The van der Waals surface area contributed by atoms with Gasteiger partial charge in [-0.1, -0.05) is 35.9 Å². The van der Waals surface area contributed by atoms with Crippen LogP contribution in [-0.4, -0.2) is 27.8 Å². The lowest BCUT2D eigenvalue weighted by Crippen LogP contribution is -2.26. The third-order valence-electron chi connectivity index (χ3n) is 4.20. The number of rotatable bonds is 6. The number of amides is 1. The van der Waals surface area contributed by atoms with Crippen LogP contribution < -0.4 is 5.56 Å². The molecule has 1 amide bonds. The van der Waals surface area contributed by atoms with E-state index in [4.69, 9.17) is 11.6 Å². The smallest absolute Gasteiger partial charge is 0.258 e. The van der Waals surface area contributed by atoms with Crippen molar-refractivity contribution in [2.75, 3.05) is 7.05 Å². The van der Waals surface area contributed by atoms with Gasteiger partial charge in [0.15, 0.2) is 0 Å². The number of para-hydroxylation sites is 1. The molecule has 0 aliphatic carbocycles. The lowest BCUT2D eigenvalue weighted by molar-refractivity contribution is -0.130. The van der Waals surface area contributed by atoms with Crippen LogP contribution in [0.15, 0.2) is 53.3 Å². The average Bonchev–Trinajstić information content (AvgIpc) is 2.61. The molecule has 26 heavy (non-hydrogen) atoms. The molecule has 6 heteroatoms. The quantitative estimate of drug-likeness (QED) is 0.722. The van der Waals surface area contributed by atoms with Crippen LogP contribution >= 0.6 is 11.6 Å². The highest BCUT2D eigenvalue weighted by atomic mass is 35.5. The molecule has 0 saturated heterocycles. The maximum Gasteiger partial charge on any atom is 0.258 e. The van der Waals surface area contributed by atoms with Crippen LogP contribution in [0.1, 0.15) is 24.2 Å². The number of H-pyrrole nitrogens is 1. The normalized spacial score (nSPS) is 10.8. The number of hydrogen-bond donors (Lipinski definition) is 1. The number of aromatic nitrogens is 2. The average molecular weight is 370 g/mol. The fourth-order valence-corrected chi connectivity index (χ4v) is 3.06. The summed E-state index contributed by atoms with van der Waals surface area (Å²) < 4.78 is 0. The minimum absolute atomic E-state index is 0.0492. The Morgan fingerprint density at radius 2 is 2.00 bits per heavy atom. The van der Waals surface area contributed by atoms with Gasteiger partial charge in [0.25, 0.3) is 5.56 Å². The third kappa shape index (κ3) is 4.49. The van der Waals surface area contributed by atoms with Gasteiger partial charge in [0.05, 0.1) is 10.9 Å². The second-order valence-corrected chi connectivity index (χ2v) is 6.70. The second-order valence-electron chi connectivity index (χ2n) is 6.26. The highest BCUT2D eigenvalue weighted by Gasteiger charge is 2.10. The molecule has 3 aromatic rings. The van der Waals surface area contributed by atoms with Crippen molar-refractivity contribution < 1.29 is 4.79 Å². The third-order valence-corrected chi connectivity index (χ3v) is 4.44. The minimum atomic E-state index is -0.144. The van der Waals surface area contributed by atoms with Crippen LogP contribution in [0.2, 0.25) is 5.02 Å². The number of carbonyl (C=O) groups excluding carboxylic acids is 1. The lowest BCUT2D eigenvalue weighted by atomic mass is 10.1. The summed E-state index contributed by atoms with van der Waals surface area (Å²) in [7, 11) is 1.78. The van der Waals surface area contributed by atoms with Gasteiger partial charge in [-0.05, 0) is 36.2 Å². The van der Waals surface area contributed by atoms with E-state index in [9.17, 15) is 9.59 Å². The standard InChI is InChI=1S/C20H20ClN3O2/c1-24(13-14-6-4-7-15(21)12-14)19(25)11-5-10-18-22-17-9-3-2-8-16(17)20(26)23-18/h2-4,6-9,12H,5,10-11,13H2,1H3,(H,22,23,26). The molecule has 0 spiro atoms. The van der Waals surface area contributed by atoms with Gasteiger partial charge >= 0.3 is 0 Å². The number of aryl methyl sites for hydroxylation is 1. The molecule has 0 fully saturated rings. The highest BCUT2D eigenvalue weighted by molar-refractivity contribution is 6.30. The second kappa shape index (κ2) is 8.15. The molecular weight excluding hydrogens is 350 g/mol. The zero-order valence-electron chi connectivity index (χ0n) is 14.5. The molecule has 0 radical (unpaired) electrons. The summed E-state index contributed by atoms with van der Waals surface area (Å²) >= 11 is 5.97. The number of hydrogen-bond acceptors (Lipinski definition) is 3. The van der Waals surface area contributed by atoms with Crippen molar-refractivity contribution >= 4 is 28.4 Å². The number of carbonyl (C=O) groups is 1. The lowest BCUT2D eigenvalue weighted by Gasteiger charge is -2.17. The first-order chi connectivity index (χ1) is 12.5. The summed E-state index contributed by atoms with van der Waals surface area (Å²) in [6.45, 7) is 0.518. The molecule has 0 saturated carbocycles. The van der Waals surface area contributed by atoms with Gasteiger partial charge in [-0.15, -0.1) is 0 Å². The van der Waals surface area contributed by atoms with Gasteiger partial charge < -0.3 is 9.88 Å². The Hall–Kier alpha value is -2.66. The number of fused-ring (bicyclic) bond motifs is 1. The molecule has 1 heterocycles. The van der Waals surface area contributed by atoms with Gasteiger partial charge in [-0.25, -0.2) is 4.98 Å². The summed E-state index contributed by atoms with van der Waals surface area (Å²) in [6, 6.07) is 14.7. The maximum atomic E-state index is 12.3. The summed E-state index contributed by atoms with van der Waals surface area (Å²) in [6.07, 6.45) is 1.57. The number of halogens is 1. The van der Waals surface area contributed by atoms with E-state index in [1.54, 1.807) is 18.0 Å². The SMILES string of the molecule is CN(Cc1cccc(Cl)c1)C(=O)CCCc1nc2ccccc2c(=O)[nH]1. The Bertz CT molecular complexity index is 984. The van der Waals surface area contributed by atoms with E-state index in [1.807, 2.05) is 42.5 Å². The van der Waals surface area contributed by atoms with E-state index in [0.717, 1.165) is 5.56 Å². The summed E-state index contributed by atoms with van der Waals surface area (Å²) in [4.78, 5) is 33.3. The molecule has 3 rings (SSSR count). The minimum Gasteiger partial charge on any atom is -0.341 e. The van der Waals surface area contributed by atoms with Gasteiger partial charge in [0.1, 0.15) is 5.82 Å². The molecular formula is C20H20ClN3O2. The van der Waals surface area contributed by atoms with Gasteiger partial charge in [-0.2, -0.15) is 0 Å². The van der Waals surface area contributed by atoms with E-state index in [0.29, 0.717) is 47.6 Å². The van der Waals surface area contributed by atoms with Crippen LogP contribution in [0.5, 0.6) is 0 Å². The fraction of sp³-hybridized carbons (Fsp3) is 0.250. The van der Waals surface area contributed by atoms with Crippen molar-refractivity contribution in [3.8, 4) is 0 Å². The first kappa shape index (κ1) is 18.1. The Kier molecular flexibility index (Phi) is 5.68. The molecule has 0 aliphatic heterocycles. The van der Waals surface area contributed by atoms with Crippen molar-refractivity contribution in [1.29, 1.82) is 0 Å². The van der Waals surface area contributed by atoms with E-state index >= 15 is 0 Å². The summed E-state index contributed by atoms with van der Waals surface area (Å²) in [5.41, 5.74) is 1.53. The number of benzene rings is 2. The zero-order chi connectivity index (χ0) is 18.5. The molecule has 134 valence electrons. The first-order valence-electron chi connectivity index (χ1n) is 8.49. The molecule has 1 N–H and O–H groups in total. The number of nitrogens with one attached hydrogen (secondary N) is 1. The molecule has 0 atom stereocenters. The van der Waals surface area contributed by atoms with E-state index in [2.05, 4.69) is 9.97 Å². The fourth-order valence-electron chi connectivity index (χ4n) is 2.85. The summed E-state index contributed by atoms with van der Waals surface area (Å²) in [5, 5.41) is 1.24. The molecule has 2 aromatic carbocycles. The maximum absolute atomic E-state index is 12.3. The highest BCUT2D eigenvalue weighted by Crippen LogP contribution is 2.13. The number of aromatic amines is 1. The van der Waals surface area contributed by atoms with Crippen LogP contribution in [0.4, 0.5) is 0 Å². The molecule has 0 aliphatic rings. The van der Waals surface area contributed by atoms with Crippen molar-refractivity contribution in [3.63, 3.8) is 0 Å². The first-order valence-corrected chi connectivity index (χ1v) is 8.87. The van der Waals surface area contributed by atoms with Crippen LogP contribution in [0.25, 0.3) is 10.9 Å². The van der Waals surface area contributed by atoms with Crippen LogP contribution in [0.3, 0.4) is 0 Å². The monoisotopic (exact) mass is 369 g/mol. The van der Waals surface area contributed by atoms with Gasteiger partial charge in [-0.3, -0.25) is 9.59 Å². The van der Waals surface area contributed by atoms with Crippen molar-refractivity contribution in [1.82, 2.24) is 14.9 Å². The van der Waals surface area contributed by atoms with Crippen LogP contribution in [-0.2, 0) is 17.8 Å². The molecule has 5 nitrogen and oxygen atoms in total. The molecule has 0 unspecified atom stereocenters. The summed E-state index contributed by atoms with van der Waals surface area (Å²) in [5.74, 6) is 0.659. The molecule has 0 bridgehead atoms. The number of nitrogens with zero attached hydrogens (tertiary/aromatic N) is 2. The Morgan fingerprint density at radius 1 is 1.19 bits per heavy atom. The molecule has 1 aromatic heterocycles. The largest absolute Gasteiger partial charge is 0.341 e. The zero-order valence-corrected chi connectivity index (χ0v) is 15.3. The van der Waals surface area contributed by atoms with Crippen LogP contribution in [0, 0.1) is 0 Å². The van der Waals surface area contributed by atoms with Crippen molar-refractivity contribution in [2.45, 2.75) is 25.8 Å².